The van der Waals surface area contributed by atoms with Crippen molar-refractivity contribution < 1.29 is 89.6 Å². The van der Waals surface area contributed by atoms with Gasteiger partial charge in [-0.2, -0.15) is 0 Å². The number of carbonyl (C=O) groups is 10. The maximum Gasteiger partial charge on any atom is 0.410 e. The molecule has 0 radical (unpaired) electrons. The largest absolute Gasteiger partial charge is 0.481 e. The van der Waals surface area contributed by atoms with E-state index in [2.05, 4.69) is 32.7 Å². The number of piperidine rings is 2. The van der Waals surface area contributed by atoms with Crippen molar-refractivity contribution in [2.75, 3.05) is 64.5 Å². The molecule has 25 nitrogen and oxygen atoms in total. The number of likely N-dealkylation sites (tertiary alicyclic amines) is 2. The van der Waals surface area contributed by atoms with Crippen LogP contribution in [0, 0.1) is 23.3 Å². The van der Waals surface area contributed by atoms with Crippen molar-refractivity contribution >= 4 is 71.5 Å². The summed E-state index contributed by atoms with van der Waals surface area (Å²) in [6, 6.07) is 14.7. The highest BCUT2D eigenvalue weighted by Crippen LogP contribution is 2.38. The second-order valence-electron chi connectivity index (χ2n) is 25.2. The Hall–Kier alpha value is -10.2. The Labute approximate surface area is 559 Å². The van der Waals surface area contributed by atoms with Crippen LogP contribution in [-0.4, -0.2) is 150 Å². The third-order valence-electron chi connectivity index (χ3n) is 15.7. The van der Waals surface area contributed by atoms with Crippen molar-refractivity contribution in [1.29, 1.82) is 0 Å². The molecule has 4 aliphatic rings. The van der Waals surface area contributed by atoms with Crippen molar-refractivity contribution in [3.05, 3.63) is 153 Å². The Morgan fingerprint density at radius 1 is 0.557 bits per heavy atom. The Bertz CT molecular complexity index is 3650. The number of carbonyl (C=O) groups excluding carboxylic acids is 9. The molecule has 8 N–H and O–H groups in total. The van der Waals surface area contributed by atoms with Gasteiger partial charge in [-0.1, -0.05) is 36.4 Å². The zero-order valence-corrected chi connectivity index (χ0v) is 55.8. The molecule has 29 heteroatoms. The van der Waals surface area contributed by atoms with Crippen LogP contribution in [-0.2, 0) is 38.1 Å². The van der Waals surface area contributed by atoms with Gasteiger partial charge in [0.25, 0.3) is 0 Å². The maximum absolute atomic E-state index is 14.2. The number of nitrogens with one attached hydrogen (secondary N) is 5. The summed E-state index contributed by atoms with van der Waals surface area (Å²) in [7, 11) is 2.21. The van der Waals surface area contributed by atoms with Gasteiger partial charge in [-0.25, -0.2) is 65.7 Å². The Kier molecular flexibility index (Phi) is 26.5. The van der Waals surface area contributed by atoms with Gasteiger partial charge in [0.1, 0.15) is 23.3 Å². The summed E-state index contributed by atoms with van der Waals surface area (Å²) in [4.78, 5) is 129. The lowest BCUT2D eigenvalue weighted by molar-refractivity contribution is -0.138. The van der Waals surface area contributed by atoms with Crippen LogP contribution in [0.3, 0.4) is 0 Å². The number of hydrogen-bond donors (Lipinski definition) is 7. The van der Waals surface area contributed by atoms with E-state index >= 15 is 0 Å². The number of ether oxygens (including phenoxy) is 4. The summed E-state index contributed by atoms with van der Waals surface area (Å²) in [5.41, 5.74) is 8.45. The van der Waals surface area contributed by atoms with Crippen molar-refractivity contribution in [3.8, 4) is 0 Å². The first-order valence-corrected chi connectivity index (χ1v) is 31.4. The molecule has 2 atom stereocenters. The first kappa shape index (κ1) is 75.8. The topological polar surface area (TPSA) is 327 Å². The number of rotatable bonds is 15. The number of hydrogen-bond acceptors (Lipinski definition) is 15. The zero-order valence-electron chi connectivity index (χ0n) is 55.8. The van der Waals surface area contributed by atoms with Gasteiger partial charge in [-0.3, -0.25) is 9.59 Å². The van der Waals surface area contributed by atoms with Crippen LogP contribution in [0.1, 0.15) is 153 Å². The molecule has 4 aromatic rings. The number of nitrogens with zero attached hydrogens (tertiary/aromatic N) is 4. The minimum atomic E-state index is -1.40. The molecule has 524 valence electrons. The average Bonchev–Trinajstić information content (AvgIpc) is 0.772. The molecule has 4 heterocycles. The lowest BCUT2D eigenvalue weighted by Gasteiger charge is -2.36. The molecule has 11 amide bonds. The number of carboxylic acids is 1. The number of allylic oxidation sites excluding steroid dienone is 2. The number of carboxylic acid groups (broad SMARTS) is 1. The lowest BCUT2D eigenvalue weighted by atomic mass is 9.89. The van der Waals surface area contributed by atoms with Crippen LogP contribution in [0.5, 0.6) is 0 Å². The summed E-state index contributed by atoms with van der Waals surface area (Å²) in [5.74, 6) is -7.11. The van der Waals surface area contributed by atoms with E-state index in [1.807, 2.05) is 77.9 Å². The molecule has 0 aromatic heterocycles. The zero-order chi connectivity index (χ0) is 71.6. The Morgan fingerprint density at radius 2 is 0.959 bits per heavy atom. The SMILES string of the molecule is CC(C)(C)OC(=O)N1CCC(c2cccc(N)c2)CC1.COC(=O)C1=C(C)NC(=O)N(C(=O)NCCCC(=O)Nc2cccc(C3CCN(C(=O)OC(C)(C)C)CC3)c2)C1c1ccc(F)c(F)c1.COC(=O)C1=C(C)NC(=O)N(C(=O)NCCCC(=O)O)C1c1ccc(F)c(F)c1. The van der Waals surface area contributed by atoms with Crippen molar-refractivity contribution in [2.24, 2.45) is 0 Å². The van der Waals surface area contributed by atoms with Gasteiger partial charge < -0.3 is 66.2 Å². The average molecular weight is 1360 g/mol. The van der Waals surface area contributed by atoms with Gasteiger partial charge >= 0.3 is 54.2 Å². The van der Waals surface area contributed by atoms with Crippen LogP contribution in [0.25, 0.3) is 0 Å². The number of esters is 2. The number of halogens is 4. The van der Waals surface area contributed by atoms with Crippen molar-refractivity contribution in [2.45, 2.75) is 142 Å². The third-order valence-corrected chi connectivity index (χ3v) is 15.7. The van der Waals surface area contributed by atoms with E-state index in [1.54, 1.807) is 15.9 Å². The molecule has 2 unspecified atom stereocenters. The Morgan fingerprint density at radius 3 is 1.34 bits per heavy atom. The number of nitrogen functional groups attached to an aromatic ring is 1. The van der Waals surface area contributed by atoms with Gasteiger partial charge in [0.05, 0.1) is 25.4 Å². The fourth-order valence-corrected chi connectivity index (χ4v) is 11.0. The molecule has 0 aliphatic carbocycles. The highest BCUT2D eigenvalue weighted by Gasteiger charge is 2.44. The summed E-state index contributed by atoms with van der Waals surface area (Å²) in [5, 5.41) is 21.2. The van der Waals surface area contributed by atoms with E-state index < -0.39 is 88.6 Å². The predicted molar refractivity (Wildman–Crippen MR) is 347 cm³/mol. The number of urea groups is 4. The smallest absolute Gasteiger partial charge is 0.410 e. The molecule has 4 aromatic carbocycles. The fraction of sp³-hybridized carbons (Fsp3) is 0.441. The van der Waals surface area contributed by atoms with Crippen LogP contribution < -0.4 is 32.3 Å². The van der Waals surface area contributed by atoms with Gasteiger partial charge in [-0.05, 0) is 177 Å². The summed E-state index contributed by atoms with van der Waals surface area (Å²) in [6.45, 7) is 16.6. The molecule has 97 heavy (non-hydrogen) atoms. The molecule has 0 saturated carbocycles. The first-order chi connectivity index (χ1) is 45.7. The molecule has 8 rings (SSSR count). The molecule has 2 saturated heterocycles. The van der Waals surface area contributed by atoms with Crippen LogP contribution >= 0.6 is 0 Å². The van der Waals surface area contributed by atoms with Gasteiger partial charge in [-0.15, -0.1) is 0 Å². The van der Waals surface area contributed by atoms with E-state index in [9.17, 15) is 65.5 Å². The minimum absolute atomic E-state index is 0.00690. The van der Waals surface area contributed by atoms with Crippen molar-refractivity contribution in [3.63, 3.8) is 0 Å². The number of nitrogens with two attached hydrogens (primary N) is 1. The standard InChI is InChI=1S/C34H41F2N5O7.C18H19F2N3O6.C16H24N2O2/c1-20-28(30(43)47-5)29(23-11-12-25(35)26(36)19-23)41(32(45)38-20)31(44)37-15-7-10-27(42)39-24-9-6-8-22(18-24)21-13-16-40(17-14-21)33(46)48-34(2,3)4;1-9-14(16(26)29-2)15(10-5-6-11(19)12(20)8-10)23(18(28)22-9)17(27)21-7-3-4-13(24)25;1-16(2,3)20-15(19)18-9-7-12(8-10-18)13-5-4-6-14(17)11-13/h6,8-9,11-12,18-19,21,29H,7,10,13-17H2,1-5H3,(H,37,44)(H,38,45)(H,39,42);5-6,8,15H,3-4,7H2,1-2H3,(H,21,27)(H,22,28)(H,24,25);4-6,11-12H,7-10,17H2,1-3H3. The number of methoxy groups -OCH3 is 2. The minimum Gasteiger partial charge on any atom is -0.481 e. The number of imide groups is 2. The number of aliphatic carboxylic acids is 1. The van der Waals surface area contributed by atoms with E-state index in [0.717, 1.165) is 94.6 Å². The second-order valence-corrected chi connectivity index (χ2v) is 25.2. The highest BCUT2D eigenvalue weighted by molar-refractivity contribution is 6.03. The van der Waals surface area contributed by atoms with Crippen molar-refractivity contribution in [1.82, 2.24) is 40.9 Å². The van der Waals surface area contributed by atoms with E-state index in [1.165, 1.54) is 25.5 Å². The lowest BCUT2D eigenvalue weighted by Crippen LogP contribution is -2.54. The van der Waals surface area contributed by atoms with Gasteiger partial charge in [0, 0.05) is 74.9 Å². The second kappa shape index (κ2) is 33.9. The number of benzene rings is 4. The summed E-state index contributed by atoms with van der Waals surface area (Å²) < 4.78 is 75.5. The molecular weight excluding hydrogens is 1270 g/mol. The monoisotopic (exact) mass is 1360 g/mol. The van der Waals surface area contributed by atoms with Gasteiger partial charge in [0.15, 0.2) is 23.3 Å². The van der Waals surface area contributed by atoms with Crippen LogP contribution in [0.4, 0.5) is 57.7 Å². The fourth-order valence-electron chi connectivity index (χ4n) is 11.0. The van der Waals surface area contributed by atoms with E-state index in [-0.39, 0.29) is 96.5 Å². The molecule has 4 aliphatic heterocycles. The molecule has 0 bridgehead atoms. The molecular formula is C68H84F4N10O15. The Balaban J connectivity index is 0.000000256. The van der Waals surface area contributed by atoms with E-state index in [4.69, 9.17) is 29.8 Å². The number of anilines is 2. The summed E-state index contributed by atoms with van der Waals surface area (Å²) >= 11 is 0. The molecule has 0 spiro atoms. The summed E-state index contributed by atoms with van der Waals surface area (Å²) in [6.07, 6.45) is 3.08. The highest BCUT2D eigenvalue weighted by atomic mass is 19.2. The predicted octanol–water partition coefficient (Wildman–Crippen LogP) is 11.2. The maximum atomic E-state index is 14.2. The van der Waals surface area contributed by atoms with Crippen LogP contribution in [0.2, 0.25) is 0 Å². The third kappa shape index (κ3) is 21.4. The first-order valence-electron chi connectivity index (χ1n) is 31.4. The quantitative estimate of drug-likeness (QED) is 0.0191. The van der Waals surface area contributed by atoms with Gasteiger partial charge in [0.2, 0.25) is 5.91 Å². The number of amides is 11. The van der Waals surface area contributed by atoms with Crippen LogP contribution in [0.15, 0.2) is 107 Å². The normalized spacial score (nSPS) is 16.8. The molecule has 2 fully saturated rings. The van der Waals surface area contributed by atoms with E-state index in [0.29, 0.717) is 34.5 Å².